The third-order valence-electron chi connectivity index (χ3n) is 5.20. The molecule has 4 heteroatoms. The Kier molecular flexibility index (Phi) is 4.34. The summed E-state index contributed by atoms with van der Waals surface area (Å²) in [6, 6.07) is 0. The molecular weight excluding hydrogens is 250 g/mol. The number of hydrogen-bond donors (Lipinski definition) is 0. The topological polar surface area (TPSA) is 9.23 Å². The lowest BCUT2D eigenvalue weighted by atomic mass is 9.93. The van der Waals surface area contributed by atoms with Crippen molar-refractivity contribution < 1.29 is 13.2 Å². The second-order valence-corrected chi connectivity index (χ2v) is 12.3. The van der Waals surface area contributed by atoms with Gasteiger partial charge in [-0.05, 0) is 30.0 Å². The van der Waals surface area contributed by atoms with Gasteiger partial charge in [-0.2, -0.15) is 0 Å². The Bertz CT molecular complexity index is 297. The van der Waals surface area contributed by atoms with Crippen LogP contribution in [0.2, 0.25) is 18.1 Å². The molecule has 0 amide bonds. The van der Waals surface area contributed by atoms with Gasteiger partial charge in [0.05, 0.1) is 0 Å². The fraction of sp³-hybridized carbons (Fsp3) is 1.00. The normalized spacial score (nSPS) is 32.8. The Morgan fingerprint density at radius 2 is 1.72 bits per heavy atom. The molecule has 1 nitrogen and oxygen atoms in total. The average molecular weight is 278 g/mol. The molecule has 3 atom stereocenters. The SMILES string of the molecule is CC1[C@@H](C)[C@H](CO[Si](C)(C)C(C)(C)C)CC1(F)F. The van der Waals surface area contributed by atoms with E-state index in [2.05, 4.69) is 33.9 Å². The minimum atomic E-state index is -2.51. The first kappa shape index (κ1) is 16.1. The van der Waals surface area contributed by atoms with E-state index in [4.69, 9.17) is 4.43 Å². The second kappa shape index (κ2) is 4.86. The van der Waals surface area contributed by atoms with Gasteiger partial charge in [0, 0.05) is 18.9 Å². The molecule has 0 aliphatic heterocycles. The predicted octanol–water partition coefficient (Wildman–Crippen LogP) is 4.94. The van der Waals surface area contributed by atoms with E-state index in [1.165, 1.54) is 0 Å². The number of hydrogen-bond acceptors (Lipinski definition) is 1. The Morgan fingerprint density at radius 1 is 1.22 bits per heavy atom. The summed E-state index contributed by atoms with van der Waals surface area (Å²) in [6.45, 7) is 15.0. The van der Waals surface area contributed by atoms with Crippen molar-refractivity contribution in [3.63, 3.8) is 0 Å². The molecule has 1 aliphatic rings. The van der Waals surface area contributed by atoms with Crippen LogP contribution in [0.15, 0.2) is 0 Å². The highest BCUT2D eigenvalue weighted by atomic mass is 28.4. The third kappa shape index (κ3) is 3.13. The standard InChI is InChI=1S/C14H28F2OSi/c1-10-11(2)14(15,16)8-12(10)9-17-18(6,7)13(3,4)5/h10-12H,8-9H2,1-7H3/t10-,11?,12+/m1/s1. The van der Waals surface area contributed by atoms with Crippen molar-refractivity contribution in [2.24, 2.45) is 17.8 Å². The lowest BCUT2D eigenvalue weighted by Gasteiger charge is -2.37. The van der Waals surface area contributed by atoms with Crippen LogP contribution in [0.4, 0.5) is 8.78 Å². The molecule has 1 saturated carbocycles. The first-order chi connectivity index (χ1) is 7.88. The monoisotopic (exact) mass is 278 g/mol. The summed E-state index contributed by atoms with van der Waals surface area (Å²) in [7, 11) is -1.82. The van der Waals surface area contributed by atoms with Gasteiger partial charge < -0.3 is 4.43 Å². The Labute approximate surface area is 111 Å². The fourth-order valence-electron chi connectivity index (χ4n) is 2.26. The van der Waals surface area contributed by atoms with Gasteiger partial charge in [-0.25, -0.2) is 8.78 Å². The highest BCUT2D eigenvalue weighted by Crippen LogP contribution is 2.48. The summed E-state index contributed by atoms with van der Waals surface area (Å²) in [5.41, 5.74) is 0. The smallest absolute Gasteiger partial charge is 0.251 e. The van der Waals surface area contributed by atoms with Crippen LogP contribution in [0.25, 0.3) is 0 Å². The minimum absolute atomic E-state index is 0.00382. The lowest BCUT2D eigenvalue weighted by molar-refractivity contribution is -0.0385. The largest absolute Gasteiger partial charge is 0.417 e. The Hall–Kier alpha value is 0.0369. The van der Waals surface area contributed by atoms with Gasteiger partial charge in [0.2, 0.25) is 0 Å². The van der Waals surface area contributed by atoms with Crippen LogP contribution in [-0.4, -0.2) is 20.8 Å². The summed E-state index contributed by atoms with van der Waals surface area (Å²) < 4.78 is 33.4. The summed E-state index contributed by atoms with van der Waals surface area (Å²) >= 11 is 0. The van der Waals surface area contributed by atoms with E-state index in [0.717, 1.165) is 0 Å². The molecule has 1 rings (SSSR count). The molecule has 0 N–H and O–H groups in total. The molecular formula is C14H28F2OSi. The third-order valence-corrected chi connectivity index (χ3v) is 9.70. The van der Waals surface area contributed by atoms with E-state index in [1.54, 1.807) is 6.92 Å². The van der Waals surface area contributed by atoms with E-state index in [0.29, 0.717) is 6.61 Å². The zero-order chi connectivity index (χ0) is 14.4. The molecule has 1 unspecified atom stereocenters. The van der Waals surface area contributed by atoms with Crippen LogP contribution in [0, 0.1) is 17.8 Å². The molecule has 1 aliphatic carbocycles. The van der Waals surface area contributed by atoms with Gasteiger partial charge in [0.25, 0.3) is 5.92 Å². The van der Waals surface area contributed by atoms with Crippen LogP contribution in [-0.2, 0) is 4.43 Å². The van der Waals surface area contributed by atoms with Crippen molar-refractivity contribution in [2.45, 2.75) is 65.1 Å². The van der Waals surface area contributed by atoms with Gasteiger partial charge in [0.1, 0.15) is 0 Å². The highest BCUT2D eigenvalue weighted by Gasteiger charge is 2.51. The zero-order valence-corrected chi connectivity index (χ0v) is 13.8. The van der Waals surface area contributed by atoms with Gasteiger partial charge in [-0.3, -0.25) is 0 Å². The van der Waals surface area contributed by atoms with Gasteiger partial charge >= 0.3 is 0 Å². The van der Waals surface area contributed by atoms with Crippen molar-refractivity contribution in [3.8, 4) is 0 Å². The molecule has 108 valence electrons. The van der Waals surface area contributed by atoms with Gasteiger partial charge in [-0.15, -0.1) is 0 Å². The Morgan fingerprint density at radius 3 is 2.06 bits per heavy atom. The van der Waals surface area contributed by atoms with Crippen molar-refractivity contribution >= 4 is 8.32 Å². The summed E-state index contributed by atoms with van der Waals surface area (Å²) in [4.78, 5) is 0. The molecule has 0 saturated heterocycles. The lowest BCUT2D eigenvalue weighted by Crippen LogP contribution is -2.42. The number of rotatable bonds is 3. The molecule has 0 bridgehead atoms. The van der Waals surface area contributed by atoms with Crippen molar-refractivity contribution in [3.05, 3.63) is 0 Å². The van der Waals surface area contributed by atoms with Crippen molar-refractivity contribution in [1.29, 1.82) is 0 Å². The average Bonchev–Trinajstić information content (AvgIpc) is 2.37. The summed E-state index contributed by atoms with van der Waals surface area (Å²) in [5.74, 6) is -2.99. The first-order valence-electron chi connectivity index (χ1n) is 6.90. The number of halogens is 2. The van der Waals surface area contributed by atoms with Crippen LogP contribution < -0.4 is 0 Å². The Balaban J connectivity index is 2.61. The quantitative estimate of drug-likeness (QED) is 0.665. The zero-order valence-electron chi connectivity index (χ0n) is 12.8. The predicted molar refractivity (Wildman–Crippen MR) is 74.5 cm³/mol. The van der Waals surface area contributed by atoms with Crippen molar-refractivity contribution in [2.75, 3.05) is 6.61 Å². The fourth-order valence-corrected chi connectivity index (χ4v) is 3.32. The van der Waals surface area contributed by atoms with E-state index in [-0.39, 0.29) is 23.3 Å². The second-order valence-electron chi connectivity index (χ2n) is 7.44. The van der Waals surface area contributed by atoms with Crippen molar-refractivity contribution in [1.82, 2.24) is 0 Å². The van der Waals surface area contributed by atoms with Crippen LogP contribution >= 0.6 is 0 Å². The van der Waals surface area contributed by atoms with Crippen LogP contribution in [0.1, 0.15) is 41.0 Å². The highest BCUT2D eigenvalue weighted by molar-refractivity contribution is 6.74. The first-order valence-corrected chi connectivity index (χ1v) is 9.81. The molecule has 0 aromatic rings. The summed E-state index contributed by atoms with van der Waals surface area (Å²) in [6.07, 6.45) is -0.00996. The van der Waals surface area contributed by atoms with E-state index in [9.17, 15) is 8.78 Å². The van der Waals surface area contributed by atoms with Gasteiger partial charge in [-0.1, -0.05) is 34.6 Å². The van der Waals surface area contributed by atoms with E-state index in [1.807, 2.05) is 6.92 Å². The molecule has 0 heterocycles. The van der Waals surface area contributed by atoms with Crippen LogP contribution in [0.5, 0.6) is 0 Å². The molecule has 0 aromatic heterocycles. The maximum absolute atomic E-state index is 13.6. The molecule has 1 fully saturated rings. The maximum Gasteiger partial charge on any atom is 0.251 e. The maximum atomic E-state index is 13.6. The summed E-state index contributed by atoms with van der Waals surface area (Å²) in [5, 5.41) is 0.142. The van der Waals surface area contributed by atoms with E-state index < -0.39 is 20.2 Å². The van der Waals surface area contributed by atoms with E-state index >= 15 is 0 Å². The van der Waals surface area contributed by atoms with Gasteiger partial charge in [0.15, 0.2) is 8.32 Å². The molecule has 0 spiro atoms. The number of alkyl halides is 2. The molecule has 0 aromatic carbocycles. The minimum Gasteiger partial charge on any atom is -0.417 e. The van der Waals surface area contributed by atoms with Crippen LogP contribution in [0.3, 0.4) is 0 Å². The molecule has 18 heavy (non-hydrogen) atoms. The molecule has 0 radical (unpaired) electrons.